The molecular formula is C28H33NO4. The fourth-order valence-electron chi connectivity index (χ4n) is 3.80. The topological polar surface area (TPSA) is 59.0 Å². The molecule has 0 fully saturated rings. The average molecular weight is 448 g/mol. The van der Waals surface area contributed by atoms with Gasteiger partial charge in [0, 0.05) is 13.0 Å². The lowest BCUT2D eigenvalue weighted by Gasteiger charge is -2.16. The first-order valence-electron chi connectivity index (χ1n) is 11.2. The van der Waals surface area contributed by atoms with E-state index < -0.39 is 5.97 Å². The monoisotopic (exact) mass is 447 g/mol. The Morgan fingerprint density at radius 2 is 1.58 bits per heavy atom. The van der Waals surface area contributed by atoms with Crippen LogP contribution in [-0.2, 0) is 17.8 Å². The van der Waals surface area contributed by atoms with Crippen molar-refractivity contribution in [3.05, 3.63) is 82.9 Å². The minimum Gasteiger partial charge on any atom is -0.492 e. The first kappa shape index (κ1) is 24.3. The summed E-state index contributed by atoms with van der Waals surface area (Å²) in [4.78, 5) is 12.8. The molecule has 0 bridgehead atoms. The lowest BCUT2D eigenvalue weighted by molar-refractivity contribution is -0.136. The molecule has 5 nitrogen and oxygen atoms in total. The fourth-order valence-corrected chi connectivity index (χ4v) is 3.80. The van der Waals surface area contributed by atoms with Crippen LogP contribution in [0.1, 0.15) is 28.7 Å². The van der Waals surface area contributed by atoms with Crippen LogP contribution >= 0.6 is 0 Å². The summed E-state index contributed by atoms with van der Waals surface area (Å²) in [5, 5.41) is 8.81. The van der Waals surface area contributed by atoms with Gasteiger partial charge in [-0.05, 0) is 98.1 Å². The summed E-state index contributed by atoms with van der Waals surface area (Å²) in [6.07, 6.45) is 0.658. The molecule has 0 aliphatic rings. The third-order valence-electron chi connectivity index (χ3n) is 5.49. The van der Waals surface area contributed by atoms with E-state index in [-0.39, 0.29) is 6.42 Å². The highest BCUT2D eigenvalue weighted by Gasteiger charge is 2.10. The zero-order chi connectivity index (χ0) is 23.8. The Morgan fingerprint density at radius 1 is 0.879 bits per heavy atom. The van der Waals surface area contributed by atoms with E-state index >= 15 is 0 Å². The molecule has 0 saturated heterocycles. The lowest BCUT2D eigenvalue weighted by Crippen LogP contribution is -2.19. The van der Waals surface area contributed by atoms with E-state index in [4.69, 9.17) is 14.6 Å². The second kappa shape index (κ2) is 11.5. The summed E-state index contributed by atoms with van der Waals surface area (Å²) in [5.74, 6) is 0.889. The van der Waals surface area contributed by atoms with Crippen LogP contribution in [0.4, 0.5) is 0 Å². The first-order valence-corrected chi connectivity index (χ1v) is 11.2. The molecule has 0 radical (unpaired) electrons. The first-order chi connectivity index (χ1) is 15.8. The third kappa shape index (κ3) is 7.36. The van der Waals surface area contributed by atoms with E-state index in [9.17, 15) is 4.79 Å². The van der Waals surface area contributed by atoms with Crippen LogP contribution in [-0.4, -0.2) is 43.2 Å². The molecule has 0 unspecified atom stereocenters. The van der Waals surface area contributed by atoms with Crippen LogP contribution in [0.15, 0.2) is 60.7 Å². The van der Waals surface area contributed by atoms with Crippen LogP contribution in [0.2, 0.25) is 0 Å². The predicted octanol–water partition coefficient (Wildman–Crippen LogP) is 5.51. The van der Waals surface area contributed by atoms with E-state index in [0.29, 0.717) is 19.6 Å². The predicted molar refractivity (Wildman–Crippen MR) is 132 cm³/mol. The second-order valence-corrected chi connectivity index (χ2v) is 8.61. The van der Waals surface area contributed by atoms with Crippen LogP contribution in [0.3, 0.4) is 0 Å². The van der Waals surface area contributed by atoms with Gasteiger partial charge >= 0.3 is 5.97 Å². The largest absolute Gasteiger partial charge is 0.492 e. The van der Waals surface area contributed by atoms with Crippen molar-refractivity contribution in [1.29, 1.82) is 0 Å². The molecule has 3 aromatic carbocycles. The number of hydrogen-bond acceptors (Lipinski definition) is 4. The molecule has 0 atom stereocenters. The Morgan fingerprint density at radius 3 is 2.21 bits per heavy atom. The maximum absolute atomic E-state index is 10.7. The van der Waals surface area contributed by atoms with Gasteiger partial charge in [-0.15, -0.1) is 0 Å². The van der Waals surface area contributed by atoms with Gasteiger partial charge in [-0.2, -0.15) is 0 Å². The summed E-state index contributed by atoms with van der Waals surface area (Å²) in [6.45, 7) is 6.25. The molecule has 33 heavy (non-hydrogen) atoms. The summed E-state index contributed by atoms with van der Waals surface area (Å²) < 4.78 is 11.9. The molecule has 1 N–H and O–H groups in total. The number of hydrogen-bond donors (Lipinski definition) is 1. The summed E-state index contributed by atoms with van der Waals surface area (Å²) in [7, 11) is 4.08. The number of ether oxygens (including phenoxy) is 2. The SMILES string of the molecule is Cc1cc(OCCN(C)C)cc(C)c1-c1cccc(COc2ccc(CCC(=O)O)cc2)c1. The fraction of sp³-hybridized carbons (Fsp3) is 0.321. The highest BCUT2D eigenvalue weighted by atomic mass is 16.5. The Labute approximate surface area is 196 Å². The van der Waals surface area contributed by atoms with Gasteiger partial charge in [0.05, 0.1) is 0 Å². The maximum atomic E-state index is 10.7. The van der Waals surface area contributed by atoms with Gasteiger partial charge in [-0.1, -0.05) is 30.3 Å². The number of carboxylic acid groups (broad SMARTS) is 1. The normalized spacial score (nSPS) is 10.9. The molecule has 0 aliphatic carbocycles. The smallest absolute Gasteiger partial charge is 0.303 e. The molecule has 0 heterocycles. The molecule has 3 rings (SSSR count). The van der Waals surface area contributed by atoms with Crippen LogP contribution in [0.25, 0.3) is 11.1 Å². The van der Waals surface area contributed by atoms with Crippen molar-refractivity contribution >= 4 is 5.97 Å². The Hall–Kier alpha value is -3.31. The summed E-state index contributed by atoms with van der Waals surface area (Å²) in [6, 6.07) is 20.3. The van der Waals surface area contributed by atoms with Gasteiger partial charge in [0.25, 0.3) is 0 Å². The van der Waals surface area contributed by atoms with Gasteiger partial charge < -0.3 is 19.5 Å². The summed E-state index contributed by atoms with van der Waals surface area (Å²) >= 11 is 0. The maximum Gasteiger partial charge on any atom is 0.303 e. The molecule has 0 aromatic heterocycles. The van der Waals surface area contributed by atoms with Crippen molar-refractivity contribution in [2.75, 3.05) is 27.2 Å². The molecule has 0 spiro atoms. The zero-order valence-electron chi connectivity index (χ0n) is 19.9. The second-order valence-electron chi connectivity index (χ2n) is 8.61. The number of carbonyl (C=O) groups is 1. The van der Waals surface area contributed by atoms with Gasteiger partial charge in [0.1, 0.15) is 24.7 Å². The zero-order valence-corrected chi connectivity index (χ0v) is 19.9. The minimum absolute atomic E-state index is 0.134. The average Bonchev–Trinajstić information content (AvgIpc) is 2.76. The van der Waals surface area contributed by atoms with Crippen molar-refractivity contribution < 1.29 is 19.4 Å². The van der Waals surface area contributed by atoms with Crippen LogP contribution in [0, 0.1) is 13.8 Å². The van der Waals surface area contributed by atoms with E-state index in [0.717, 1.165) is 34.7 Å². The number of carboxylic acids is 1. The van der Waals surface area contributed by atoms with Crippen molar-refractivity contribution in [2.24, 2.45) is 0 Å². The van der Waals surface area contributed by atoms with Crippen LogP contribution in [0.5, 0.6) is 11.5 Å². The van der Waals surface area contributed by atoms with Crippen molar-refractivity contribution in [3.63, 3.8) is 0 Å². The van der Waals surface area contributed by atoms with Gasteiger partial charge in [0.2, 0.25) is 0 Å². The Kier molecular flexibility index (Phi) is 8.50. The third-order valence-corrected chi connectivity index (χ3v) is 5.49. The van der Waals surface area contributed by atoms with Crippen molar-refractivity contribution in [3.8, 4) is 22.6 Å². The van der Waals surface area contributed by atoms with E-state index in [1.807, 2.05) is 38.4 Å². The standard InChI is InChI=1S/C28H33NO4/c1-20-16-26(32-15-14-29(3)4)17-21(2)28(20)24-7-5-6-23(18-24)19-33-25-11-8-22(9-12-25)10-13-27(30)31/h5-9,11-12,16-18H,10,13-15,19H2,1-4H3,(H,30,31). The molecule has 174 valence electrons. The van der Waals surface area contributed by atoms with Gasteiger partial charge in [-0.3, -0.25) is 4.79 Å². The Bertz CT molecular complexity index is 1050. The number of aliphatic carboxylic acids is 1. The molecule has 0 saturated carbocycles. The lowest BCUT2D eigenvalue weighted by atomic mass is 9.94. The molecule has 5 heteroatoms. The number of rotatable bonds is 11. The number of likely N-dealkylation sites (N-methyl/N-ethyl adjacent to an activating group) is 1. The van der Waals surface area contributed by atoms with Crippen molar-refractivity contribution in [1.82, 2.24) is 4.90 Å². The van der Waals surface area contributed by atoms with Crippen LogP contribution < -0.4 is 9.47 Å². The molecule has 0 aliphatic heterocycles. The number of nitrogens with zero attached hydrogens (tertiary/aromatic N) is 1. The molecular weight excluding hydrogens is 414 g/mol. The molecule has 0 amide bonds. The highest BCUT2D eigenvalue weighted by molar-refractivity contribution is 5.72. The Balaban J connectivity index is 1.66. The van der Waals surface area contributed by atoms with E-state index in [1.54, 1.807) is 0 Å². The van der Waals surface area contributed by atoms with Crippen molar-refractivity contribution in [2.45, 2.75) is 33.3 Å². The minimum atomic E-state index is -0.785. The quantitative estimate of drug-likeness (QED) is 0.420. The highest BCUT2D eigenvalue weighted by Crippen LogP contribution is 2.31. The number of benzene rings is 3. The molecule has 3 aromatic rings. The summed E-state index contributed by atoms with van der Waals surface area (Å²) in [5.41, 5.74) is 6.84. The van der Waals surface area contributed by atoms with Gasteiger partial charge in [-0.25, -0.2) is 0 Å². The van der Waals surface area contributed by atoms with E-state index in [1.165, 1.54) is 16.7 Å². The number of aryl methyl sites for hydroxylation is 3. The van der Waals surface area contributed by atoms with E-state index in [2.05, 4.69) is 55.1 Å². The van der Waals surface area contributed by atoms with Gasteiger partial charge in [0.15, 0.2) is 0 Å².